The first-order chi connectivity index (χ1) is 11.5. The summed E-state index contributed by atoms with van der Waals surface area (Å²) in [5, 5.41) is 0. The third kappa shape index (κ3) is 3.45. The standard InChI is InChI=1S/C19H20FNO3/c1-4-10-21-13(3)18(19(23)24-11-5-2)15(12-17(21)22)14-8-6-7-9-16(14)20/h4-9,15H,1-2,10-12H2,3H3. The number of nitrogens with zero attached hydrogens (tertiary/aromatic N) is 1. The number of halogens is 1. The Hall–Kier alpha value is -2.69. The minimum Gasteiger partial charge on any atom is -0.458 e. The van der Waals surface area contributed by atoms with Crippen molar-refractivity contribution >= 4 is 11.9 Å². The highest BCUT2D eigenvalue weighted by Crippen LogP contribution is 2.37. The minimum absolute atomic E-state index is 0.00460. The zero-order valence-electron chi connectivity index (χ0n) is 13.6. The third-order valence-electron chi connectivity index (χ3n) is 3.97. The SMILES string of the molecule is C=CCOC(=O)C1=C(C)N(CC=C)C(=O)CC1c1ccccc1F. The smallest absolute Gasteiger partial charge is 0.336 e. The molecule has 1 aromatic carbocycles. The molecule has 126 valence electrons. The maximum atomic E-state index is 14.2. The van der Waals surface area contributed by atoms with E-state index in [1.54, 1.807) is 31.2 Å². The van der Waals surface area contributed by atoms with E-state index in [0.717, 1.165) is 0 Å². The van der Waals surface area contributed by atoms with E-state index in [1.807, 2.05) is 0 Å². The van der Waals surface area contributed by atoms with Gasteiger partial charge >= 0.3 is 5.97 Å². The second-order valence-electron chi connectivity index (χ2n) is 5.46. The lowest BCUT2D eigenvalue weighted by atomic mass is 9.83. The molecule has 0 aromatic heterocycles. The summed E-state index contributed by atoms with van der Waals surface area (Å²) in [5.41, 5.74) is 1.07. The molecule has 1 aliphatic heterocycles. The normalized spacial score (nSPS) is 17.7. The van der Waals surface area contributed by atoms with Gasteiger partial charge in [-0.15, -0.1) is 6.58 Å². The van der Waals surface area contributed by atoms with Crippen molar-refractivity contribution in [1.29, 1.82) is 0 Å². The number of carbonyl (C=O) groups excluding carboxylic acids is 2. The molecular weight excluding hydrogens is 309 g/mol. The lowest BCUT2D eigenvalue weighted by Gasteiger charge is -2.34. The van der Waals surface area contributed by atoms with Gasteiger partial charge in [0.1, 0.15) is 12.4 Å². The molecule has 0 spiro atoms. The summed E-state index contributed by atoms with van der Waals surface area (Å²) in [4.78, 5) is 26.4. The molecule has 4 nitrogen and oxygen atoms in total. The number of allylic oxidation sites excluding steroid dienone is 1. The Morgan fingerprint density at radius 2 is 2.08 bits per heavy atom. The van der Waals surface area contributed by atoms with Gasteiger partial charge in [0.05, 0.1) is 5.57 Å². The molecule has 0 saturated carbocycles. The summed E-state index contributed by atoms with van der Waals surface area (Å²) in [5.74, 6) is -1.87. The molecule has 0 bridgehead atoms. The van der Waals surface area contributed by atoms with Crippen LogP contribution in [0.3, 0.4) is 0 Å². The van der Waals surface area contributed by atoms with Crippen molar-refractivity contribution < 1.29 is 18.7 Å². The van der Waals surface area contributed by atoms with E-state index in [9.17, 15) is 14.0 Å². The number of carbonyl (C=O) groups is 2. The van der Waals surface area contributed by atoms with Crippen LogP contribution in [0.1, 0.15) is 24.8 Å². The fourth-order valence-electron chi connectivity index (χ4n) is 2.86. The van der Waals surface area contributed by atoms with E-state index in [-0.39, 0.29) is 25.5 Å². The molecule has 0 fully saturated rings. The van der Waals surface area contributed by atoms with Gasteiger partial charge in [0.15, 0.2) is 0 Å². The molecule has 24 heavy (non-hydrogen) atoms. The number of hydrogen-bond donors (Lipinski definition) is 0. The van der Waals surface area contributed by atoms with Crippen molar-refractivity contribution in [1.82, 2.24) is 4.90 Å². The Morgan fingerprint density at radius 3 is 2.71 bits per heavy atom. The summed E-state index contributed by atoms with van der Waals surface area (Å²) in [6, 6.07) is 6.16. The van der Waals surface area contributed by atoms with Crippen LogP contribution in [0.15, 0.2) is 60.8 Å². The second-order valence-corrected chi connectivity index (χ2v) is 5.46. The third-order valence-corrected chi connectivity index (χ3v) is 3.97. The summed E-state index contributed by atoms with van der Waals surface area (Å²) >= 11 is 0. The van der Waals surface area contributed by atoms with Gasteiger partial charge < -0.3 is 9.64 Å². The average molecular weight is 329 g/mol. The molecule has 1 aliphatic rings. The summed E-state index contributed by atoms with van der Waals surface area (Å²) < 4.78 is 19.4. The first kappa shape index (κ1) is 17.7. The summed E-state index contributed by atoms with van der Waals surface area (Å²) in [6.07, 6.45) is 3.05. The molecule has 0 aliphatic carbocycles. The molecule has 2 rings (SSSR count). The van der Waals surface area contributed by atoms with Crippen molar-refractivity contribution in [3.63, 3.8) is 0 Å². The number of hydrogen-bond acceptors (Lipinski definition) is 3. The van der Waals surface area contributed by atoms with Gasteiger partial charge in [-0.3, -0.25) is 4.79 Å². The molecule has 0 radical (unpaired) electrons. The summed E-state index contributed by atoms with van der Waals surface area (Å²) in [7, 11) is 0. The van der Waals surface area contributed by atoms with Gasteiger partial charge in [-0.2, -0.15) is 0 Å². The van der Waals surface area contributed by atoms with E-state index in [0.29, 0.717) is 16.8 Å². The fraction of sp³-hybridized carbons (Fsp3) is 0.263. The number of ether oxygens (including phenoxy) is 1. The molecule has 1 heterocycles. The van der Waals surface area contributed by atoms with E-state index in [1.165, 1.54) is 17.0 Å². The largest absolute Gasteiger partial charge is 0.458 e. The first-order valence-corrected chi connectivity index (χ1v) is 7.65. The average Bonchev–Trinajstić information content (AvgIpc) is 2.56. The van der Waals surface area contributed by atoms with Gasteiger partial charge in [0.25, 0.3) is 0 Å². The van der Waals surface area contributed by atoms with Gasteiger partial charge in [-0.1, -0.05) is 36.9 Å². The Labute approximate surface area is 140 Å². The topological polar surface area (TPSA) is 46.6 Å². The van der Waals surface area contributed by atoms with Crippen LogP contribution < -0.4 is 0 Å². The van der Waals surface area contributed by atoms with Gasteiger partial charge in [-0.25, -0.2) is 9.18 Å². The molecule has 1 aromatic rings. The van der Waals surface area contributed by atoms with Crippen LogP contribution in [0.2, 0.25) is 0 Å². The van der Waals surface area contributed by atoms with Crippen LogP contribution in [-0.4, -0.2) is 29.9 Å². The Morgan fingerprint density at radius 1 is 1.38 bits per heavy atom. The Bertz CT molecular complexity index is 708. The Balaban J connectivity index is 2.53. The molecular formula is C19H20FNO3. The zero-order chi connectivity index (χ0) is 17.7. The van der Waals surface area contributed by atoms with Crippen LogP contribution >= 0.6 is 0 Å². The van der Waals surface area contributed by atoms with Crippen molar-refractivity contribution in [2.24, 2.45) is 0 Å². The number of benzene rings is 1. The van der Waals surface area contributed by atoms with E-state index in [2.05, 4.69) is 13.2 Å². The van der Waals surface area contributed by atoms with Crippen LogP contribution in [-0.2, 0) is 14.3 Å². The maximum absolute atomic E-state index is 14.2. The fourth-order valence-corrected chi connectivity index (χ4v) is 2.86. The number of esters is 1. The van der Waals surface area contributed by atoms with Gasteiger partial charge in [0.2, 0.25) is 5.91 Å². The van der Waals surface area contributed by atoms with Crippen molar-refractivity contribution in [3.05, 3.63) is 72.2 Å². The van der Waals surface area contributed by atoms with Crippen LogP contribution in [0, 0.1) is 5.82 Å². The number of amides is 1. The highest BCUT2D eigenvalue weighted by atomic mass is 19.1. The summed E-state index contributed by atoms with van der Waals surface area (Å²) in [6.45, 7) is 9.14. The van der Waals surface area contributed by atoms with E-state index < -0.39 is 17.7 Å². The Kier molecular flexibility index (Phi) is 5.68. The lowest BCUT2D eigenvalue weighted by Crippen LogP contribution is -2.38. The first-order valence-electron chi connectivity index (χ1n) is 7.65. The highest BCUT2D eigenvalue weighted by Gasteiger charge is 2.37. The second kappa shape index (κ2) is 7.73. The van der Waals surface area contributed by atoms with E-state index in [4.69, 9.17) is 4.74 Å². The molecule has 1 unspecified atom stereocenters. The minimum atomic E-state index is -0.669. The monoisotopic (exact) mass is 329 g/mol. The molecule has 0 saturated heterocycles. The van der Waals surface area contributed by atoms with E-state index >= 15 is 0 Å². The number of rotatable bonds is 6. The van der Waals surface area contributed by atoms with Gasteiger partial charge in [-0.05, 0) is 18.6 Å². The van der Waals surface area contributed by atoms with Gasteiger partial charge in [0, 0.05) is 24.6 Å². The maximum Gasteiger partial charge on any atom is 0.336 e. The lowest BCUT2D eigenvalue weighted by molar-refractivity contribution is -0.139. The van der Waals surface area contributed by atoms with Crippen LogP contribution in [0.25, 0.3) is 0 Å². The van der Waals surface area contributed by atoms with Crippen molar-refractivity contribution in [2.45, 2.75) is 19.3 Å². The zero-order valence-corrected chi connectivity index (χ0v) is 13.6. The van der Waals surface area contributed by atoms with Crippen LogP contribution in [0.5, 0.6) is 0 Å². The quantitative estimate of drug-likeness (QED) is 0.594. The van der Waals surface area contributed by atoms with Crippen molar-refractivity contribution in [3.8, 4) is 0 Å². The molecule has 5 heteroatoms. The van der Waals surface area contributed by atoms with Crippen molar-refractivity contribution in [2.75, 3.05) is 13.2 Å². The molecule has 0 N–H and O–H groups in total. The molecule has 1 atom stereocenters. The van der Waals surface area contributed by atoms with Crippen LogP contribution in [0.4, 0.5) is 4.39 Å². The molecule has 1 amide bonds. The predicted molar refractivity (Wildman–Crippen MR) is 89.5 cm³/mol. The predicted octanol–water partition coefficient (Wildman–Crippen LogP) is 3.33. The highest BCUT2D eigenvalue weighted by molar-refractivity contribution is 5.96.